The topological polar surface area (TPSA) is 77.4 Å². The molecule has 146 valence electrons. The maximum atomic E-state index is 11.3. The van der Waals surface area contributed by atoms with E-state index in [1.54, 1.807) is 0 Å². The molecule has 0 bridgehead atoms. The van der Waals surface area contributed by atoms with Gasteiger partial charge in [0.2, 0.25) is 0 Å². The number of hydrogen-bond acceptors (Lipinski definition) is 4. The molecule has 0 saturated heterocycles. The summed E-state index contributed by atoms with van der Waals surface area (Å²) in [5, 5.41) is 8.72. The van der Waals surface area contributed by atoms with Gasteiger partial charge in [0, 0.05) is 0 Å². The van der Waals surface area contributed by atoms with Gasteiger partial charge >= 0.3 is 29.6 Å². The van der Waals surface area contributed by atoms with E-state index in [-0.39, 0.29) is 29.6 Å². The SMILES string of the molecule is CCCCCCCCCCCCCCC(C(O)CCC)S(=O)(=O)[O-].[Na+]. The maximum Gasteiger partial charge on any atom is 1.00 e. The molecule has 0 aliphatic heterocycles. The van der Waals surface area contributed by atoms with Crippen LogP contribution in [0.2, 0.25) is 0 Å². The van der Waals surface area contributed by atoms with Crippen LogP contribution < -0.4 is 29.6 Å². The van der Waals surface area contributed by atoms with Gasteiger partial charge in [0.15, 0.2) is 0 Å². The predicted molar refractivity (Wildman–Crippen MR) is 100 cm³/mol. The Morgan fingerprint density at radius 2 is 1.12 bits per heavy atom. The molecule has 0 amide bonds. The fraction of sp³-hybridized carbons (Fsp3) is 1.00. The summed E-state index contributed by atoms with van der Waals surface area (Å²) in [6.07, 6.45) is 14.9. The summed E-state index contributed by atoms with van der Waals surface area (Å²) < 4.78 is 33.8. The van der Waals surface area contributed by atoms with Crippen molar-refractivity contribution in [3.8, 4) is 0 Å². The minimum absolute atomic E-state index is 0. The molecule has 0 spiro atoms. The Kier molecular flexibility index (Phi) is 20.5. The van der Waals surface area contributed by atoms with Crippen molar-refractivity contribution >= 4 is 10.1 Å². The molecule has 0 radical (unpaired) electrons. The third-order valence-electron chi connectivity index (χ3n) is 4.73. The maximum absolute atomic E-state index is 11.3. The van der Waals surface area contributed by atoms with Gasteiger partial charge < -0.3 is 9.66 Å². The smallest absolute Gasteiger partial charge is 0.748 e. The Morgan fingerprint density at radius 3 is 1.48 bits per heavy atom. The largest absolute Gasteiger partial charge is 1.00 e. The molecular weight excluding hydrogens is 347 g/mol. The number of rotatable bonds is 17. The molecule has 2 unspecified atom stereocenters. The normalized spacial score (nSPS) is 14.1. The van der Waals surface area contributed by atoms with Gasteiger partial charge in [-0.2, -0.15) is 0 Å². The van der Waals surface area contributed by atoms with E-state index < -0.39 is 21.5 Å². The molecule has 0 aromatic rings. The van der Waals surface area contributed by atoms with Crippen LogP contribution in [0.1, 0.15) is 110 Å². The average molecular weight is 387 g/mol. The fourth-order valence-electron chi connectivity index (χ4n) is 3.20. The van der Waals surface area contributed by atoms with Crippen molar-refractivity contribution in [1.82, 2.24) is 0 Å². The quantitative estimate of drug-likeness (QED) is 0.236. The van der Waals surface area contributed by atoms with Crippen LogP contribution in [0.3, 0.4) is 0 Å². The van der Waals surface area contributed by atoms with E-state index in [4.69, 9.17) is 0 Å². The Labute approximate surface area is 178 Å². The van der Waals surface area contributed by atoms with Gasteiger partial charge in [0.25, 0.3) is 0 Å². The minimum atomic E-state index is -4.40. The van der Waals surface area contributed by atoms with Crippen LogP contribution in [0, 0.1) is 0 Å². The second-order valence-corrected chi connectivity index (χ2v) is 8.66. The van der Waals surface area contributed by atoms with Crippen LogP contribution >= 0.6 is 0 Å². The van der Waals surface area contributed by atoms with Crippen molar-refractivity contribution < 1.29 is 47.6 Å². The van der Waals surface area contributed by atoms with Crippen LogP contribution in [0.4, 0.5) is 0 Å². The minimum Gasteiger partial charge on any atom is -0.748 e. The van der Waals surface area contributed by atoms with Gasteiger partial charge in [-0.3, -0.25) is 0 Å². The van der Waals surface area contributed by atoms with Gasteiger partial charge in [-0.25, -0.2) is 8.42 Å². The first-order valence-corrected chi connectivity index (χ1v) is 11.5. The Hall–Kier alpha value is 0.870. The number of unbranched alkanes of at least 4 members (excludes halogenated alkanes) is 11. The zero-order chi connectivity index (χ0) is 18.3. The van der Waals surface area contributed by atoms with Gasteiger partial charge in [-0.1, -0.05) is 97.3 Å². The summed E-state index contributed by atoms with van der Waals surface area (Å²) >= 11 is 0. The summed E-state index contributed by atoms with van der Waals surface area (Å²) in [5.41, 5.74) is 0. The van der Waals surface area contributed by atoms with E-state index in [1.165, 1.54) is 57.8 Å². The van der Waals surface area contributed by atoms with Crippen molar-refractivity contribution in [2.45, 2.75) is 122 Å². The van der Waals surface area contributed by atoms with E-state index in [9.17, 15) is 18.1 Å². The van der Waals surface area contributed by atoms with Crippen LogP contribution in [0.15, 0.2) is 0 Å². The van der Waals surface area contributed by atoms with E-state index in [2.05, 4.69) is 6.92 Å². The first-order chi connectivity index (χ1) is 11.4. The molecule has 0 aromatic carbocycles. The van der Waals surface area contributed by atoms with E-state index >= 15 is 0 Å². The number of hydrogen-bond donors (Lipinski definition) is 1. The fourth-order valence-corrected chi connectivity index (χ4v) is 4.17. The number of aliphatic hydroxyl groups is 1. The van der Waals surface area contributed by atoms with E-state index in [0.717, 1.165) is 12.8 Å². The van der Waals surface area contributed by atoms with Gasteiger partial charge in [-0.15, -0.1) is 0 Å². The van der Waals surface area contributed by atoms with Crippen LogP contribution in [0.25, 0.3) is 0 Å². The molecule has 0 heterocycles. The molecule has 6 heteroatoms. The van der Waals surface area contributed by atoms with Crippen molar-refractivity contribution in [2.24, 2.45) is 0 Å². The van der Waals surface area contributed by atoms with Crippen LogP contribution in [-0.2, 0) is 10.1 Å². The van der Waals surface area contributed by atoms with E-state index in [0.29, 0.717) is 25.7 Å². The summed E-state index contributed by atoms with van der Waals surface area (Å²) in [5.74, 6) is 0. The molecule has 0 aliphatic rings. The molecule has 25 heavy (non-hydrogen) atoms. The third kappa shape index (κ3) is 16.7. The summed E-state index contributed by atoms with van der Waals surface area (Å²) in [6.45, 7) is 4.11. The summed E-state index contributed by atoms with van der Waals surface area (Å²) in [7, 11) is -4.40. The number of aliphatic hydroxyl groups excluding tert-OH is 1. The van der Waals surface area contributed by atoms with Crippen LogP contribution in [-0.4, -0.2) is 29.4 Å². The summed E-state index contributed by atoms with van der Waals surface area (Å²) in [6, 6.07) is 0. The standard InChI is InChI=1S/C19H40O4S.Na/c1-3-5-6-7-8-9-10-11-12-13-14-15-17-19(24(21,22)23)18(20)16-4-2;/h18-20H,3-17H2,1-2H3,(H,21,22,23);/q;+1/p-1. The van der Waals surface area contributed by atoms with E-state index in [1.807, 2.05) is 6.92 Å². The predicted octanol–water partition coefficient (Wildman–Crippen LogP) is 2.16. The molecule has 1 N–H and O–H groups in total. The van der Waals surface area contributed by atoms with Gasteiger partial charge in [-0.05, 0) is 12.8 Å². The van der Waals surface area contributed by atoms with Gasteiger partial charge in [0.1, 0.15) is 10.1 Å². The molecule has 0 aliphatic carbocycles. The van der Waals surface area contributed by atoms with Gasteiger partial charge in [0.05, 0.1) is 11.4 Å². The first-order valence-electron chi connectivity index (χ1n) is 10.1. The molecule has 0 fully saturated rings. The van der Waals surface area contributed by atoms with Crippen molar-refractivity contribution in [3.63, 3.8) is 0 Å². The second kappa shape index (κ2) is 18.2. The molecule has 2 atom stereocenters. The third-order valence-corrected chi connectivity index (χ3v) is 6.02. The zero-order valence-electron chi connectivity index (χ0n) is 16.8. The Bertz CT molecular complexity index is 374. The van der Waals surface area contributed by atoms with Crippen molar-refractivity contribution in [2.75, 3.05) is 0 Å². The Balaban J connectivity index is 0. The molecule has 0 rings (SSSR count). The molecule has 4 nitrogen and oxygen atoms in total. The van der Waals surface area contributed by atoms with Crippen molar-refractivity contribution in [3.05, 3.63) is 0 Å². The Morgan fingerprint density at radius 1 is 0.720 bits per heavy atom. The zero-order valence-corrected chi connectivity index (χ0v) is 19.7. The average Bonchev–Trinajstić information content (AvgIpc) is 2.50. The molecular formula is C19H39NaO4S. The second-order valence-electron chi connectivity index (χ2n) is 7.07. The van der Waals surface area contributed by atoms with Crippen LogP contribution in [0.5, 0.6) is 0 Å². The summed E-state index contributed by atoms with van der Waals surface area (Å²) in [4.78, 5) is 0. The molecule has 0 saturated carbocycles. The van der Waals surface area contributed by atoms with Crippen molar-refractivity contribution in [1.29, 1.82) is 0 Å². The molecule has 0 aromatic heterocycles. The monoisotopic (exact) mass is 386 g/mol. The first kappa shape index (κ1) is 28.1.